The minimum Gasteiger partial charge on any atom is -0.398 e. The van der Waals surface area contributed by atoms with E-state index >= 15 is 0 Å². The second-order valence-corrected chi connectivity index (χ2v) is 5.01. The summed E-state index contributed by atoms with van der Waals surface area (Å²) in [6.07, 6.45) is 0.913. The molecule has 0 spiro atoms. The summed E-state index contributed by atoms with van der Waals surface area (Å²) in [7, 11) is 0. The molecule has 0 bridgehead atoms. The van der Waals surface area contributed by atoms with E-state index in [1.165, 1.54) is 5.56 Å². The zero-order valence-electron chi connectivity index (χ0n) is 11.9. The number of aromatic nitrogens is 1. The molecule has 0 unspecified atom stereocenters. The van der Waals surface area contributed by atoms with Crippen LogP contribution in [0.1, 0.15) is 18.2 Å². The van der Waals surface area contributed by atoms with Gasteiger partial charge < -0.3 is 5.73 Å². The van der Waals surface area contributed by atoms with Crippen molar-refractivity contribution in [3.05, 3.63) is 59.8 Å². The van der Waals surface area contributed by atoms with Crippen molar-refractivity contribution in [2.45, 2.75) is 20.3 Å². The van der Waals surface area contributed by atoms with Crippen molar-refractivity contribution < 1.29 is 0 Å². The number of nitrogens with two attached hydrogens (primary N) is 1. The van der Waals surface area contributed by atoms with Gasteiger partial charge in [0.05, 0.1) is 5.52 Å². The zero-order chi connectivity index (χ0) is 14.1. The number of hydrogen-bond donors (Lipinski definition) is 1. The number of rotatable bonds is 2. The highest BCUT2D eigenvalue weighted by Crippen LogP contribution is 2.32. The SMILES string of the molecule is CCc1c(C)nc2c(-c3ccccc3)cccc2c1N. The Bertz CT molecular complexity index is 761. The summed E-state index contributed by atoms with van der Waals surface area (Å²) in [6, 6.07) is 16.5. The van der Waals surface area contributed by atoms with Gasteiger partial charge in [-0.05, 0) is 24.5 Å². The molecule has 0 aliphatic heterocycles. The minimum absolute atomic E-state index is 0.868. The first kappa shape index (κ1) is 12.7. The van der Waals surface area contributed by atoms with Crippen LogP contribution in [-0.4, -0.2) is 4.98 Å². The molecule has 0 saturated carbocycles. The summed E-state index contributed by atoms with van der Waals surface area (Å²) in [5, 5.41) is 1.05. The van der Waals surface area contributed by atoms with Crippen LogP contribution < -0.4 is 5.73 Å². The maximum atomic E-state index is 6.34. The highest BCUT2D eigenvalue weighted by atomic mass is 14.7. The Morgan fingerprint density at radius 3 is 2.45 bits per heavy atom. The summed E-state index contributed by atoms with van der Waals surface area (Å²) < 4.78 is 0. The first-order chi connectivity index (χ1) is 9.72. The molecule has 2 nitrogen and oxygen atoms in total. The quantitative estimate of drug-likeness (QED) is 0.745. The Labute approximate surface area is 119 Å². The summed E-state index contributed by atoms with van der Waals surface area (Å²) in [6.45, 7) is 4.16. The molecule has 0 saturated heterocycles. The summed E-state index contributed by atoms with van der Waals surface area (Å²) in [4.78, 5) is 4.80. The van der Waals surface area contributed by atoms with Crippen LogP contribution in [-0.2, 0) is 6.42 Å². The van der Waals surface area contributed by atoms with Crippen LogP contribution in [0.5, 0.6) is 0 Å². The van der Waals surface area contributed by atoms with Gasteiger partial charge in [0.15, 0.2) is 0 Å². The molecule has 100 valence electrons. The monoisotopic (exact) mass is 262 g/mol. The van der Waals surface area contributed by atoms with Gasteiger partial charge in [-0.25, -0.2) is 0 Å². The van der Waals surface area contributed by atoms with Crippen molar-refractivity contribution in [2.24, 2.45) is 0 Å². The molecular formula is C18H18N2. The standard InChI is InChI=1S/C18H18N2/c1-3-14-12(2)20-18-15(13-8-5-4-6-9-13)10-7-11-16(18)17(14)19/h4-11H,3H2,1-2H3,(H2,19,20). The molecule has 0 fully saturated rings. The maximum absolute atomic E-state index is 6.34. The predicted molar refractivity (Wildman–Crippen MR) is 85.7 cm³/mol. The molecule has 3 aromatic rings. The van der Waals surface area contributed by atoms with Gasteiger partial charge >= 0.3 is 0 Å². The average Bonchev–Trinajstić information content (AvgIpc) is 2.48. The predicted octanol–water partition coefficient (Wildman–Crippen LogP) is 4.35. The normalized spacial score (nSPS) is 10.9. The third-order valence-electron chi connectivity index (χ3n) is 3.81. The number of nitrogens with zero attached hydrogens (tertiary/aromatic N) is 1. The van der Waals surface area contributed by atoms with Crippen molar-refractivity contribution in [1.82, 2.24) is 4.98 Å². The molecule has 0 atom stereocenters. The van der Waals surface area contributed by atoms with Gasteiger partial charge in [-0.3, -0.25) is 4.98 Å². The largest absolute Gasteiger partial charge is 0.398 e. The Hall–Kier alpha value is -2.35. The van der Waals surface area contributed by atoms with E-state index in [-0.39, 0.29) is 0 Å². The Morgan fingerprint density at radius 1 is 1.00 bits per heavy atom. The zero-order valence-corrected chi connectivity index (χ0v) is 11.9. The molecule has 2 aromatic carbocycles. The lowest BCUT2D eigenvalue weighted by atomic mass is 9.98. The second kappa shape index (κ2) is 4.97. The third-order valence-corrected chi connectivity index (χ3v) is 3.81. The van der Waals surface area contributed by atoms with E-state index in [1.807, 2.05) is 25.1 Å². The number of anilines is 1. The lowest BCUT2D eigenvalue weighted by molar-refractivity contribution is 1.07. The molecule has 0 amide bonds. The van der Waals surface area contributed by atoms with Crippen LogP contribution in [0.3, 0.4) is 0 Å². The van der Waals surface area contributed by atoms with Crippen LogP contribution in [0, 0.1) is 6.92 Å². The Morgan fingerprint density at radius 2 is 1.75 bits per heavy atom. The minimum atomic E-state index is 0.868. The molecule has 0 radical (unpaired) electrons. The molecule has 0 aliphatic carbocycles. The van der Waals surface area contributed by atoms with E-state index < -0.39 is 0 Å². The van der Waals surface area contributed by atoms with Crippen molar-refractivity contribution in [3.63, 3.8) is 0 Å². The molecule has 2 N–H and O–H groups in total. The van der Waals surface area contributed by atoms with Crippen LogP contribution in [0.2, 0.25) is 0 Å². The third kappa shape index (κ3) is 1.94. The van der Waals surface area contributed by atoms with E-state index in [0.717, 1.165) is 39.8 Å². The van der Waals surface area contributed by atoms with Crippen molar-refractivity contribution >= 4 is 16.6 Å². The van der Waals surface area contributed by atoms with Crippen molar-refractivity contribution in [1.29, 1.82) is 0 Å². The lowest BCUT2D eigenvalue weighted by Crippen LogP contribution is -2.01. The second-order valence-electron chi connectivity index (χ2n) is 5.01. The van der Waals surface area contributed by atoms with E-state index in [2.05, 4.69) is 37.3 Å². The summed E-state index contributed by atoms with van der Waals surface area (Å²) in [5.74, 6) is 0. The molecule has 20 heavy (non-hydrogen) atoms. The van der Waals surface area contributed by atoms with Crippen molar-refractivity contribution in [2.75, 3.05) is 5.73 Å². The fourth-order valence-corrected chi connectivity index (χ4v) is 2.77. The Kier molecular flexibility index (Phi) is 3.15. The summed E-state index contributed by atoms with van der Waals surface area (Å²) in [5.41, 5.74) is 12.7. The van der Waals surface area contributed by atoms with E-state index in [0.29, 0.717) is 0 Å². The number of hydrogen-bond acceptors (Lipinski definition) is 2. The smallest absolute Gasteiger partial charge is 0.0804 e. The molecule has 2 heteroatoms. The van der Waals surface area contributed by atoms with Gasteiger partial charge in [0.25, 0.3) is 0 Å². The van der Waals surface area contributed by atoms with Gasteiger partial charge in [-0.2, -0.15) is 0 Å². The number of benzene rings is 2. The van der Waals surface area contributed by atoms with Crippen LogP contribution in [0.15, 0.2) is 48.5 Å². The van der Waals surface area contributed by atoms with E-state index in [4.69, 9.17) is 10.7 Å². The van der Waals surface area contributed by atoms with Crippen LogP contribution >= 0.6 is 0 Å². The molecule has 1 heterocycles. The van der Waals surface area contributed by atoms with Crippen molar-refractivity contribution in [3.8, 4) is 11.1 Å². The first-order valence-corrected chi connectivity index (χ1v) is 6.95. The molecule has 3 rings (SSSR count). The number of fused-ring (bicyclic) bond motifs is 1. The number of para-hydroxylation sites is 1. The van der Waals surface area contributed by atoms with Gasteiger partial charge in [0, 0.05) is 22.3 Å². The summed E-state index contributed by atoms with van der Waals surface area (Å²) >= 11 is 0. The van der Waals surface area contributed by atoms with E-state index in [9.17, 15) is 0 Å². The average molecular weight is 262 g/mol. The lowest BCUT2D eigenvalue weighted by Gasteiger charge is -2.13. The highest BCUT2D eigenvalue weighted by molar-refractivity contribution is 6.00. The number of aryl methyl sites for hydroxylation is 1. The van der Waals surface area contributed by atoms with Gasteiger partial charge in [-0.1, -0.05) is 55.5 Å². The fourth-order valence-electron chi connectivity index (χ4n) is 2.77. The number of nitrogen functional groups attached to an aromatic ring is 1. The van der Waals surface area contributed by atoms with E-state index in [1.54, 1.807) is 0 Å². The number of pyridine rings is 1. The topological polar surface area (TPSA) is 38.9 Å². The fraction of sp³-hybridized carbons (Fsp3) is 0.167. The van der Waals surface area contributed by atoms with Crippen LogP contribution in [0.25, 0.3) is 22.0 Å². The van der Waals surface area contributed by atoms with Crippen LogP contribution in [0.4, 0.5) is 5.69 Å². The Balaban J connectivity index is 2.36. The van der Waals surface area contributed by atoms with Gasteiger partial charge in [-0.15, -0.1) is 0 Å². The van der Waals surface area contributed by atoms with Gasteiger partial charge in [0.1, 0.15) is 0 Å². The maximum Gasteiger partial charge on any atom is 0.0804 e. The molecule has 0 aliphatic rings. The first-order valence-electron chi connectivity index (χ1n) is 6.95. The highest BCUT2D eigenvalue weighted by Gasteiger charge is 2.12. The molecule has 1 aromatic heterocycles. The molecular weight excluding hydrogens is 244 g/mol. The van der Waals surface area contributed by atoms with Gasteiger partial charge in [0.2, 0.25) is 0 Å².